The number of unbranched alkanes of at least 4 members (excludes halogenated alkanes) is 1. The van der Waals surface area contributed by atoms with Gasteiger partial charge in [0, 0.05) is 19.0 Å². The lowest BCUT2D eigenvalue weighted by atomic mass is 10.1. The van der Waals surface area contributed by atoms with Gasteiger partial charge in [-0.15, -0.1) is 0 Å². The summed E-state index contributed by atoms with van der Waals surface area (Å²) in [6, 6.07) is -1.60. The zero-order chi connectivity index (χ0) is 28.1. The van der Waals surface area contributed by atoms with Crippen molar-refractivity contribution < 1.29 is 32.3 Å². The lowest BCUT2D eigenvalue weighted by molar-refractivity contribution is -0.138. The highest BCUT2D eigenvalue weighted by Crippen LogP contribution is 2.40. The van der Waals surface area contributed by atoms with Gasteiger partial charge in [-0.25, -0.2) is 13.2 Å². The van der Waals surface area contributed by atoms with Crippen molar-refractivity contribution in [1.82, 2.24) is 20.3 Å². The molecule has 4 atom stereocenters. The molecule has 1 unspecified atom stereocenters. The molecule has 1 heterocycles. The van der Waals surface area contributed by atoms with E-state index in [2.05, 4.69) is 15.4 Å². The summed E-state index contributed by atoms with van der Waals surface area (Å²) in [7, 11) is -3.51. The van der Waals surface area contributed by atoms with Crippen LogP contribution in [0.4, 0.5) is 4.79 Å². The molecular formula is C25H41N5O7S. The van der Waals surface area contributed by atoms with Gasteiger partial charge in [-0.3, -0.25) is 19.1 Å². The number of carbonyl (C=O) groups is 4. The number of primary amides is 1. The van der Waals surface area contributed by atoms with Gasteiger partial charge in [-0.1, -0.05) is 12.2 Å². The summed E-state index contributed by atoms with van der Waals surface area (Å²) < 4.78 is 31.3. The lowest BCUT2D eigenvalue weighted by Crippen LogP contribution is -2.56. The lowest BCUT2D eigenvalue weighted by Gasteiger charge is -2.29. The van der Waals surface area contributed by atoms with Gasteiger partial charge >= 0.3 is 6.09 Å². The molecule has 4 amide bonds. The second-order valence-corrected chi connectivity index (χ2v) is 13.2. The molecule has 13 heteroatoms. The molecule has 0 spiro atoms. The van der Waals surface area contributed by atoms with Crippen LogP contribution in [0.1, 0.15) is 65.7 Å². The quantitative estimate of drug-likeness (QED) is 0.188. The number of ether oxygens (including phenoxy) is 1. The number of sulfonamides is 1. The van der Waals surface area contributed by atoms with Crippen LogP contribution in [0.3, 0.4) is 0 Å². The van der Waals surface area contributed by atoms with E-state index in [0.717, 1.165) is 12.8 Å². The third kappa shape index (κ3) is 8.97. The van der Waals surface area contributed by atoms with Crippen molar-refractivity contribution in [3.8, 4) is 0 Å². The molecule has 0 bridgehead atoms. The Hall–Kier alpha value is -2.67. The van der Waals surface area contributed by atoms with Crippen molar-refractivity contribution in [2.24, 2.45) is 17.6 Å². The molecular weight excluding hydrogens is 514 g/mol. The average Bonchev–Trinajstić information content (AvgIpc) is 3.72. The number of nitrogens with one attached hydrogen (secondary N) is 3. The van der Waals surface area contributed by atoms with E-state index >= 15 is 0 Å². The third-order valence-corrected chi connectivity index (χ3v) is 8.53. The van der Waals surface area contributed by atoms with Crippen LogP contribution < -0.4 is 21.1 Å². The third-order valence-electron chi connectivity index (χ3n) is 6.69. The van der Waals surface area contributed by atoms with E-state index in [0.29, 0.717) is 45.2 Å². The molecule has 0 radical (unpaired) electrons. The number of carbonyl (C=O) groups excluding carboxylic acids is 4. The molecule has 12 nitrogen and oxygen atoms in total. The molecule has 5 N–H and O–H groups in total. The first-order chi connectivity index (χ1) is 17.8. The van der Waals surface area contributed by atoms with E-state index in [9.17, 15) is 27.6 Å². The summed E-state index contributed by atoms with van der Waals surface area (Å²) in [4.78, 5) is 50.8. The smallest absolute Gasteiger partial charge is 0.408 e. The summed E-state index contributed by atoms with van der Waals surface area (Å²) in [5.74, 6) is -1.61. The summed E-state index contributed by atoms with van der Waals surface area (Å²) in [6.45, 7) is 6.31. The number of nitrogens with zero attached hydrogens (tertiary/aromatic N) is 1. The van der Waals surface area contributed by atoms with Gasteiger partial charge in [0.05, 0.1) is 5.25 Å². The summed E-state index contributed by atoms with van der Waals surface area (Å²) in [5, 5.41) is 5.38. The largest absolute Gasteiger partial charge is 0.444 e. The molecule has 38 heavy (non-hydrogen) atoms. The van der Waals surface area contributed by atoms with Gasteiger partial charge < -0.3 is 26.0 Å². The Labute approximate surface area is 224 Å². The molecule has 0 aromatic carbocycles. The Morgan fingerprint density at radius 2 is 1.87 bits per heavy atom. The minimum atomic E-state index is -3.51. The van der Waals surface area contributed by atoms with E-state index in [1.807, 2.05) is 12.2 Å². The number of hydrogen-bond acceptors (Lipinski definition) is 8. The summed E-state index contributed by atoms with van der Waals surface area (Å²) in [5.41, 5.74) is 4.73. The van der Waals surface area contributed by atoms with E-state index in [1.165, 1.54) is 4.90 Å². The van der Waals surface area contributed by atoms with Crippen molar-refractivity contribution in [3.05, 3.63) is 12.2 Å². The van der Waals surface area contributed by atoms with Gasteiger partial charge in [0.25, 0.3) is 0 Å². The number of rotatable bonds is 13. The summed E-state index contributed by atoms with van der Waals surface area (Å²) >= 11 is 0. The average molecular weight is 556 g/mol. The maximum absolute atomic E-state index is 13.1. The minimum absolute atomic E-state index is 0.0519. The molecule has 3 rings (SSSR count). The van der Waals surface area contributed by atoms with Gasteiger partial charge in [-0.05, 0) is 78.2 Å². The normalized spacial score (nSPS) is 24.2. The van der Waals surface area contributed by atoms with E-state index in [-0.39, 0.29) is 24.3 Å². The molecule has 1 saturated heterocycles. The van der Waals surface area contributed by atoms with Gasteiger partial charge in [0.15, 0.2) is 0 Å². The first-order valence-corrected chi connectivity index (χ1v) is 14.9. The van der Waals surface area contributed by atoms with Gasteiger partial charge in [0.1, 0.15) is 17.7 Å². The maximum Gasteiger partial charge on any atom is 0.408 e. The zero-order valence-electron chi connectivity index (χ0n) is 22.4. The first-order valence-electron chi connectivity index (χ1n) is 13.3. The number of likely N-dealkylation sites (tertiary alicyclic amines) is 1. The zero-order valence-corrected chi connectivity index (χ0v) is 23.2. The standard InChI is InChI=1S/C25H41N5O7S/c1-25(2,3)37-24(34)28-19(23(33)30-13-7-9-20(30)21(26)31)15-27-12-6-4-5-8-16-14-18(16)22(32)29-38(35,36)17-10-11-17/h5,8,16-20,27H,4,6-7,9-15H2,1-3H3,(H2,26,31)(H,28,34)(H,29,32)/b8-5-/t16-,18+,19+,20?/m1/s1. The molecule has 2 saturated carbocycles. The molecule has 0 aromatic heterocycles. The number of amides is 4. The van der Waals surface area contributed by atoms with Crippen molar-refractivity contribution in [2.75, 3.05) is 19.6 Å². The highest BCUT2D eigenvalue weighted by atomic mass is 32.2. The van der Waals surface area contributed by atoms with Crippen LogP contribution >= 0.6 is 0 Å². The van der Waals surface area contributed by atoms with Crippen LogP contribution in [0.2, 0.25) is 0 Å². The molecule has 214 valence electrons. The second-order valence-electron chi connectivity index (χ2n) is 11.3. The van der Waals surface area contributed by atoms with E-state index in [4.69, 9.17) is 10.5 Å². The molecule has 3 aliphatic rings. The predicted molar refractivity (Wildman–Crippen MR) is 140 cm³/mol. The highest BCUT2D eigenvalue weighted by molar-refractivity contribution is 7.90. The number of hydrogen-bond donors (Lipinski definition) is 4. The second kappa shape index (κ2) is 12.5. The first kappa shape index (κ1) is 29.9. The van der Waals surface area contributed by atoms with Crippen molar-refractivity contribution >= 4 is 33.8 Å². The minimum Gasteiger partial charge on any atom is -0.444 e. The molecule has 1 aliphatic heterocycles. The topological polar surface area (TPSA) is 177 Å². The SMILES string of the molecule is CC(C)(C)OC(=O)N[C@@H](CNCCC/C=C\[C@@H]1C[C@@H]1C(=O)NS(=O)(=O)C1CC1)C(=O)N1CCCC1C(N)=O. The van der Waals surface area contributed by atoms with E-state index in [1.54, 1.807) is 20.8 Å². The number of allylic oxidation sites excluding steroid dienone is 2. The molecule has 0 aromatic rings. The van der Waals surface area contributed by atoms with E-state index < -0.39 is 50.9 Å². The van der Waals surface area contributed by atoms with Crippen LogP contribution in [-0.2, 0) is 29.1 Å². The van der Waals surface area contributed by atoms with Crippen LogP contribution in [0.25, 0.3) is 0 Å². The van der Waals surface area contributed by atoms with Crippen LogP contribution in [0, 0.1) is 11.8 Å². The summed E-state index contributed by atoms with van der Waals surface area (Å²) in [6.07, 6.45) is 7.71. The van der Waals surface area contributed by atoms with Crippen molar-refractivity contribution in [3.63, 3.8) is 0 Å². The van der Waals surface area contributed by atoms with Crippen LogP contribution in [0.15, 0.2) is 12.2 Å². The fourth-order valence-electron chi connectivity index (χ4n) is 4.45. The molecule has 3 fully saturated rings. The van der Waals surface area contributed by atoms with Crippen molar-refractivity contribution in [2.45, 2.75) is 88.7 Å². The highest BCUT2D eigenvalue weighted by Gasteiger charge is 2.45. The fourth-order valence-corrected chi connectivity index (χ4v) is 5.80. The Morgan fingerprint density at radius 1 is 1.16 bits per heavy atom. The van der Waals surface area contributed by atoms with Gasteiger partial charge in [0.2, 0.25) is 27.7 Å². The molecule has 2 aliphatic carbocycles. The maximum atomic E-state index is 13.1. The number of alkyl carbamates (subject to hydrolysis) is 1. The predicted octanol–water partition coefficient (Wildman–Crippen LogP) is 0.527. The number of nitrogens with two attached hydrogens (primary N) is 1. The Morgan fingerprint density at radius 3 is 2.50 bits per heavy atom. The Bertz CT molecular complexity index is 1040. The van der Waals surface area contributed by atoms with Crippen LogP contribution in [0.5, 0.6) is 0 Å². The van der Waals surface area contributed by atoms with Crippen LogP contribution in [-0.4, -0.2) is 79.7 Å². The van der Waals surface area contributed by atoms with Gasteiger partial charge in [-0.2, -0.15) is 0 Å². The Kier molecular flexibility index (Phi) is 9.80. The Balaban J connectivity index is 1.41. The fraction of sp³-hybridized carbons (Fsp3) is 0.760. The van der Waals surface area contributed by atoms with Crippen molar-refractivity contribution in [1.29, 1.82) is 0 Å². The monoisotopic (exact) mass is 555 g/mol.